The summed E-state index contributed by atoms with van der Waals surface area (Å²) in [6.07, 6.45) is 7.97. The Morgan fingerprint density at radius 2 is 1.06 bits per heavy atom. The summed E-state index contributed by atoms with van der Waals surface area (Å²) in [5.74, 6) is 4.74. The minimum atomic E-state index is -0.362. The van der Waals surface area contributed by atoms with Gasteiger partial charge in [-0.1, -0.05) is 162 Å². The Morgan fingerprint density at radius 3 is 1.36 bits per heavy atom. The summed E-state index contributed by atoms with van der Waals surface area (Å²) in [6.45, 7) is 52.8. The lowest BCUT2D eigenvalue weighted by molar-refractivity contribution is -0.178. The SMILES string of the molecule is CCC(C)(C)C(=O)OC.CCC(C)(C)C(=O)OCC1CO1.CCC(C)C#N.CCC(C)c1ccc(OC)cc1.CCC(C)c1ccccc1.CCC1(COC(=O)C(C)(C)CC)COC1.CCOC(C)Oc1ccc(C(C)CC)cc1.CCSC(=S)N(CC)CC. The van der Waals surface area contributed by atoms with Crippen molar-refractivity contribution in [1.29, 1.82) is 5.26 Å². The van der Waals surface area contributed by atoms with Crippen molar-refractivity contribution in [2.24, 2.45) is 27.6 Å². The zero-order valence-corrected chi connectivity index (χ0v) is 62.8. The van der Waals surface area contributed by atoms with E-state index in [9.17, 15) is 14.4 Å². The molecule has 15 heteroatoms. The van der Waals surface area contributed by atoms with Gasteiger partial charge in [0.25, 0.3) is 0 Å². The zero-order chi connectivity index (χ0) is 69.5. The van der Waals surface area contributed by atoms with Crippen LogP contribution in [0, 0.1) is 38.9 Å². The number of epoxide rings is 1. The molecule has 6 unspecified atom stereocenters. The van der Waals surface area contributed by atoms with Crippen molar-refractivity contribution in [2.45, 2.75) is 241 Å². The maximum atomic E-state index is 11.7. The zero-order valence-electron chi connectivity index (χ0n) is 61.2. The molecule has 0 aliphatic carbocycles. The van der Waals surface area contributed by atoms with E-state index in [0.717, 1.165) is 93.0 Å². The molecule has 2 heterocycles. The second kappa shape index (κ2) is 50.8. The fourth-order valence-electron chi connectivity index (χ4n) is 6.98. The number of thiocarbonyl (C=S) groups is 1. The van der Waals surface area contributed by atoms with Crippen LogP contribution in [0.25, 0.3) is 0 Å². The summed E-state index contributed by atoms with van der Waals surface area (Å²) in [7, 11) is 3.11. The van der Waals surface area contributed by atoms with Crippen molar-refractivity contribution in [3.05, 3.63) is 95.6 Å². The van der Waals surface area contributed by atoms with Crippen LogP contribution in [-0.4, -0.2) is 112 Å². The van der Waals surface area contributed by atoms with Gasteiger partial charge in [-0.2, -0.15) is 5.26 Å². The molecule has 0 saturated carbocycles. The van der Waals surface area contributed by atoms with E-state index < -0.39 is 0 Å². The van der Waals surface area contributed by atoms with Crippen LogP contribution in [0.2, 0.25) is 0 Å². The van der Waals surface area contributed by atoms with Gasteiger partial charge in [0.1, 0.15) is 35.1 Å². The van der Waals surface area contributed by atoms with Gasteiger partial charge in [-0.15, -0.1) is 0 Å². The van der Waals surface area contributed by atoms with E-state index in [2.05, 4.69) is 140 Å². The highest BCUT2D eigenvalue weighted by Gasteiger charge is 2.39. The summed E-state index contributed by atoms with van der Waals surface area (Å²) < 4.78 is 42.2. The van der Waals surface area contributed by atoms with Crippen LogP contribution in [-0.2, 0) is 42.8 Å². The first-order chi connectivity index (χ1) is 42.4. The van der Waals surface area contributed by atoms with E-state index in [1.165, 1.54) is 36.6 Å². The highest BCUT2D eigenvalue weighted by molar-refractivity contribution is 8.22. The molecule has 2 fully saturated rings. The van der Waals surface area contributed by atoms with Crippen molar-refractivity contribution >= 4 is 46.2 Å². The van der Waals surface area contributed by atoms with Crippen LogP contribution in [0.5, 0.6) is 11.5 Å². The molecule has 0 N–H and O–H groups in total. The molecule has 0 spiro atoms. The smallest absolute Gasteiger partial charge is 0.311 e. The molecular weight excluding hydrogens is 1170 g/mol. The molecule has 0 radical (unpaired) electrons. The minimum absolute atomic E-state index is 0.0928. The molecule has 13 nitrogen and oxygen atoms in total. The standard InChI is InChI=1S/C14H22O2.C12H22O3.C11H16O.C10H14.C9H16O3.C7H15NS2.C7H14O2.C5H9N/c1-5-11(3)13-7-9-14(10-8-13)16-12(4)15-6-2;1-5-11(3,4)10(13)15-9-12(6-2)7-14-8-12;1-4-9(2)10-5-7-11(12-3)8-6-10;1-3-9(2)10-7-5-4-6-8-10;1-4-9(2,3)8(10)12-6-7-5-11-7;1-4-8(5-2)7(9)10-6-3;1-5-7(2,3)6(8)9-4;1-3-5(2)4-6/h7-12H,5-6H2,1-4H3;5-9H2,1-4H3;5-9H,4H2,1-3H3;4-9H,3H2,1-2H3;7H,4-6H2,1-3H3;4-6H2,1-3H3;5H2,1-4H3;5H,3H2,1-2H3. The number of thioether (sulfide) groups is 1. The molecule has 516 valence electrons. The van der Waals surface area contributed by atoms with E-state index in [1.807, 2.05) is 114 Å². The molecule has 6 atom stereocenters. The number of nitriles is 1. The van der Waals surface area contributed by atoms with E-state index >= 15 is 0 Å². The van der Waals surface area contributed by atoms with Crippen LogP contribution >= 0.6 is 24.0 Å². The number of methoxy groups -OCH3 is 2. The third-order valence-corrected chi connectivity index (χ3v) is 17.9. The predicted octanol–water partition coefficient (Wildman–Crippen LogP) is 19.6. The highest BCUT2D eigenvalue weighted by atomic mass is 32.2. The van der Waals surface area contributed by atoms with Crippen LogP contribution in [0.3, 0.4) is 0 Å². The number of rotatable bonds is 26. The molecule has 90 heavy (non-hydrogen) atoms. The first-order valence-electron chi connectivity index (χ1n) is 33.4. The van der Waals surface area contributed by atoms with E-state index in [1.54, 1.807) is 18.9 Å². The maximum absolute atomic E-state index is 11.7. The fraction of sp³-hybridized carbons (Fsp3) is 0.693. The van der Waals surface area contributed by atoms with Crippen molar-refractivity contribution in [3.63, 3.8) is 0 Å². The maximum Gasteiger partial charge on any atom is 0.311 e. The van der Waals surface area contributed by atoms with Crippen molar-refractivity contribution < 1.29 is 52.3 Å². The van der Waals surface area contributed by atoms with Gasteiger partial charge in [-0.25, -0.2) is 0 Å². The van der Waals surface area contributed by atoms with Crippen LogP contribution in [0.15, 0.2) is 78.9 Å². The predicted molar refractivity (Wildman–Crippen MR) is 382 cm³/mol. The molecule has 3 aromatic rings. The lowest BCUT2D eigenvalue weighted by atomic mass is 9.84. The van der Waals surface area contributed by atoms with E-state index in [0.29, 0.717) is 37.6 Å². The Bertz CT molecular complexity index is 2320. The van der Waals surface area contributed by atoms with Gasteiger partial charge in [0, 0.05) is 25.6 Å². The molecule has 0 amide bonds. The van der Waals surface area contributed by atoms with Crippen LogP contribution in [0.1, 0.15) is 245 Å². The summed E-state index contributed by atoms with van der Waals surface area (Å²) in [5, 5.41) is 8.08. The minimum Gasteiger partial charge on any atom is -0.497 e. The summed E-state index contributed by atoms with van der Waals surface area (Å²) in [4.78, 5) is 36.1. The Morgan fingerprint density at radius 1 is 0.633 bits per heavy atom. The number of nitrogens with zero attached hydrogens (tertiary/aromatic N) is 2. The number of hydrogen-bond acceptors (Lipinski definition) is 14. The quantitative estimate of drug-likeness (QED) is 0.0246. The average molecular weight is 1300 g/mol. The van der Waals surface area contributed by atoms with E-state index in [-0.39, 0.29) is 57.9 Å². The van der Waals surface area contributed by atoms with E-state index in [4.69, 9.17) is 50.6 Å². The second-order valence-electron chi connectivity index (χ2n) is 24.8. The highest BCUT2D eigenvalue weighted by Crippen LogP contribution is 2.33. The monoisotopic (exact) mass is 1300 g/mol. The van der Waals surface area contributed by atoms with Gasteiger partial charge in [0.15, 0.2) is 6.29 Å². The third kappa shape index (κ3) is 39.6. The molecule has 0 bridgehead atoms. The van der Waals surface area contributed by atoms with Crippen LogP contribution in [0.4, 0.5) is 0 Å². The topological polar surface area (TPSA) is 155 Å². The normalized spacial score (nSPS) is 14.9. The molecular formula is C75H128N2O11S2. The molecule has 2 aliphatic heterocycles. The first kappa shape index (κ1) is 89.5. The van der Waals surface area contributed by atoms with Gasteiger partial charge in [0.2, 0.25) is 0 Å². The number of benzene rings is 3. The Labute approximate surface area is 559 Å². The van der Waals surface area contributed by atoms with Gasteiger partial charge in [-0.05, 0) is 192 Å². The molecule has 5 rings (SSSR count). The Balaban J connectivity index is -0.000000974. The largest absolute Gasteiger partial charge is 0.497 e. The summed E-state index contributed by atoms with van der Waals surface area (Å²) in [6, 6.07) is 29.3. The average Bonchev–Trinajstić information content (AvgIpc) is 1.16. The van der Waals surface area contributed by atoms with Crippen molar-refractivity contribution in [3.8, 4) is 17.6 Å². The molecule has 2 saturated heterocycles. The number of hydrogen-bond donors (Lipinski definition) is 0. The fourth-order valence-corrected chi connectivity index (χ4v) is 8.28. The first-order valence-corrected chi connectivity index (χ1v) is 34.8. The molecule has 2 aliphatic rings. The summed E-state index contributed by atoms with van der Waals surface area (Å²) >= 11 is 6.91. The van der Waals surface area contributed by atoms with Gasteiger partial charge in [-0.3, -0.25) is 14.4 Å². The number of esters is 3. The van der Waals surface area contributed by atoms with Gasteiger partial charge in [0.05, 0.1) is 61.8 Å². The Kier molecular flexibility index (Phi) is 50.5. The van der Waals surface area contributed by atoms with Gasteiger partial charge >= 0.3 is 17.9 Å². The molecule has 0 aromatic heterocycles. The second-order valence-corrected chi connectivity index (χ2v) is 26.7. The third-order valence-electron chi connectivity index (χ3n) is 16.5. The van der Waals surface area contributed by atoms with Crippen LogP contribution < -0.4 is 9.47 Å². The summed E-state index contributed by atoms with van der Waals surface area (Å²) in [5.41, 5.74) is 3.27. The van der Waals surface area contributed by atoms with Gasteiger partial charge < -0.3 is 42.8 Å². The lowest BCUT2D eigenvalue weighted by Crippen LogP contribution is -2.47. The lowest BCUT2D eigenvalue weighted by Gasteiger charge is -2.40. The Hall–Kier alpha value is -4.72. The van der Waals surface area contributed by atoms with Crippen molar-refractivity contribution in [1.82, 2.24) is 4.90 Å². The number of carbonyl (C=O) groups is 3. The van der Waals surface area contributed by atoms with Crippen molar-refractivity contribution in [2.75, 3.05) is 72.7 Å². The number of ether oxygens (including phenoxy) is 8. The molecule has 3 aromatic carbocycles. The number of carbonyl (C=O) groups excluding carboxylic acids is 3.